The van der Waals surface area contributed by atoms with Gasteiger partial charge >= 0.3 is 6.18 Å². The number of rotatable bonds is 8. The molecular weight excluding hydrogens is 375 g/mol. The van der Waals surface area contributed by atoms with E-state index in [-0.39, 0.29) is 17.5 Å². The summed E-state index contributed by atoms with van der Waals surface area (Å²) in [4.78, 5) is 18.1. The van der Waals surface area contributed by atoms with Gasteiger partial charge in [0, 0.05) is 24.4 Å². The number of para-hydroxylation sites is 1. The van der Waals surface area contributed by atoms with E-state index in [0.717, 1.165) is 5.56 Å². The molecule has 1 aromatic heterocycles. The number of carbonyl (C=O) groups excluding carboxylic acids is 1. The van der Waals surface area contributed by atoms with Gasteiger partial charge < -0.3 is 19.7 Å². The fraction of sp³-hybridized carbons (Fsp3) is 0.368. The highest BCUT2D eigenvalue weighted by molar-refractivity contribution is 5.93. The highest BCUT2D eigenvalue weighted by atomic mass is 19.4. The monoisotopic (exact) mass is 397 g/mol. The maximum atomic E-state index is 12.4. The fourth-order valence-electron chi connectivity index (χ4n) is 2.56. The first kappa shape index (κ1) is 21.5. The molecular formula is C19H22F3N3O3. The highest BCUT2D eigenvalue weighted by Gasteiger charge is 2.28. The average molecular weight is 397 g/mol. The lowest BCUT2D eigenvalue weighted by Crippen LogP contribution is -2.34. The van der Waals surface area contributed by atoms with Crippen molar-refractivity contribution in [2.24, 2.45) is 0 Å². The third-order valence-corrected chi connectivity index (χ3v) is 3.96. The van der Waals surface area contributed by atoms with Gasteiger partial charge in [-0.05, 0) is 26.2 Å². The number of benzene rings is 1. The van der Waals surface area contributed by atoms with Gasteiger partial charge in [-0.25, -0.2) is 4.98 Å². The number of ether oxygens (including phenoxy) is 2. The van der Waals surface area contributed by atoms with E-state index in [4.69, 9.17) is 4.74 Å². The normalized spacial score (nSPS) is 12.5. The average Bonchev–Trinajstić information content (AvgIpc) is 2.66. The molecule has 0 aliphatic carbocycles. The van der Waals surface area contributed by atoms with Crippen molar-refractivity contribution in [1.82, 2.24) is 15.2 Å². The number of methoxy groups -OCH3 is 1. The van der Waals surface area contributed by atoms with Crippen LogP contribution in [-0.2, 0) is 0 Å². The summed E-state index contributed by atoms with van der Waals surface area (Å²) in [6.45, 7) is -1.13. The summed E-state index contributed by atoms with van der Waals surface area (Å²) in [6, 6.07) is 9.97. The van der Waals surface area contributed by atoms with Crippen molar-refractivity contribution in [3.8, 4) is 11.6 Å². The molecule has 0 aliphatic heterocycles. The Kier molecular flexibility index (Phi) is 7.22. The number of amides is 1. The highest BCUT2D eigenvalue weighted by Crippen LogP contribution is 2.27. The molecule has 28 heavy (non-hydrogen) atoms. The van der Waals surface area contributed by atoms with Gasteiger partial charge in [0.1, 0.15) is 5.75 Å². The van der Waals surface area contributed by atoms with Crippen LogP contribution in [0.3, 0.4) is 0 Å². The minimum atomic E-state index is -4.45. The smallest absolute Gasteiger partial charge is 0.422 e. The molecule has 1 heterocycles. The van der Waals surface area contributed by atoms with Crippen LogP contribution >= 0.6 is 0 Å². The SMILES string of the molecule is COc1ccccc1C(CNC(=O)c1ccc(OCC(F)(F)F)nc1)N(C)C. The van der Waals surface area contributed by atoms with Crippen LogP contribution < -0.4 is 14.8 Å². The van der Waals surface area contributed by atoms with Crippen molar-refractivity contribution in [3.05, 3.63) is 53.7 Å². The fourth-order valence-corrected chi connectivity index (χ4v) is 2.56. The molecule has 9 heteroatoms. The molecule has 1 aromatic carbocycles. The predicted molar refractivity (Wildman–Crippen MR) is 97.5 cm³/mol. The van der Waals surface area contributed by atoms with Gasteiger partial charge in [0.05, 0.1) is 18.7 Å². The number of nitrogens with zero attached hydrogens (tertiary/aromatic N) is 2. The molecule has 0 saturated heterocycles. The second kappa shape index (κ2) is 9.41. The predicted octanol–water partition coefficient (Wildman–Crippen LogP) is 3.06. The Morgan fingerprint density at radius 3 is 2.50 bits per heavy atom. The Morgan fingerprint density at radius 2 is 1.93 bits per heavy atom. The van der Waals surface area contributed by atoms with Crippen LogP contribution in [0.15, 0.2) is 42.6 Å². The molecule has 152 valence electrons. The number of pyridine rings is 1. The van der Waals surface area contributed by atoms with Crippen LogP contribution in [-0.4, -0.2) is 56.3 Å². The largest absolute Gasteiger partial charge is 0.496 e. The number of hydrogen-bond acceptors (Lipinski definition) is 5. The third kappa shape index (κ3) is 6.12. The molecule has 0 aliphatic rings. The maximum absolute atomic E-state index is 12.4. The van der Waals surface area contributed by atoms with Crippen molar-refractivity contribution in [2.45, 2.75) is 12.2 Å². The van der Waals surface area contributed by atoms with Crippen LogP contribution in [0.1, 0.15) is 22.0 Å². The summed E-state index contributed by atoms with van der Waals surface area (Å²) < 4.78 is 46.4. The lowest BCUT2D eigenvalue weighted by Gasteiger charge is -2.26. The molecule has 0 radical (unpaired) electrons. The van der Waals surface area contributed by atoms with E-state index in [1.54, 1.807) is 7.11 Å². The molecule has 1 unspecified atom stereocenters. The van der Waals surface area contributed by atoms with Crippen LogP contribution in [0.4, 0.5) is 13.2 Å². The van der Waals surface area contributed by atoms with Crippen LogP contribution in [0.2, 0.25) is 0 Å². The zero-order valence-electron chi connectivity index (χ0n) is 15.8. The summed E-state index contributed by atoms with van der Waals surface area (Å²) in [5.74, 6) is 0.119. The Labute approximate surface area is 161 Å². The molecule has 0 spiro atoms. The maximum Gasteiger partial charge on any atom is 0.422 e. The van der Waals surface area contributed by atoms with E-state index in [1.165, 1.54) is 18.3 Å². The Bertz CT molecular complexity index is 780. The minimum absolute atomic E-state index is 0.137. The van der Waals surface area contributed by atoms with Crippen LogP contribution in [0.5, 0.6) is 11.6 Å². The summed E-state index contributed by atoms with van der Waals surface area (Å²) in [7, 11) is 5.35. The van der Waals surface area contributed by atoms with E-state index in [0.29, 0.717) is 12.3 Å². The van der Waals surface area contributed by atoms with Gasteiger partial charge in [-0.3, -0.25) is 4.79 Å². The number of likely N-dealkylation sites (N-methyl/N-ethyl adjacent to an activating group) is 1. The molecule has 1 amide bonds. The van der Waals surface area contributed by atoms with Crippen LogP contribution in [0, 0.1) is 0 Å². The molecule has 0 saturated carbocycles. The van der Waals surface area contributed by atoms with Gasteiger partial charge in [0.2, 0.25) is 5.88 Å². The molecule has 0 fully saturated rings. The summed E-state index contributed by atoms with van der Waals surface area (Å²) in [5.41, 5.74) is 1.14. The van der Waals surface area contributed by atoms with E-state index in [1.807, 2.05) is 43.3 Å². The number of aromatic nitrogens is 1. The molecule has 2 aromatic rings. The quantitative estimate of drug-likeness (QED) is 0.742. The van der Waals surface area contributed by atoms with Crippen molar-refractivity contribution >= 4 is 5.91 Å². The summed E-state index contributed by atoms with van der Waals surface area (Å²) in [6.07, 6.45) is -3.27. The molecule has 6 nitrogen and oxygen atoms in total. The van der Waals surface area contributed by atoms with E-state index < -0.39 is 18.7 Å². The van der Waals surface area contributed by atoms with Gasteiger partial charge in [0.25, 0.3) is 5.91 Å². The molecule has 2 rings (SSSR count). The van der Waals surface area contributed by atoms with Gasteiger partial charge in [0.15, 0.2) is 6.61 Å². The zero-order valence-corrected chi connectivity index (χ0v) is 15.8. The lowest BCUT2D eigenvalue weighted by atomic mass is 10.0. The molecule has 0 bridgehead atoms. The van der Waals surface area contributed by atoms with Crippen molar-refractivity contribution in [3.63, 3.8) is 0 Å². The van der Waals surface area contributed by atoms with E-state index in [9.17, 15) is 18.0 Å². The summed E-state index contributed by atoms with van der Waals surface area (Å²) in [5, 5.41) is 2.81. The molecule has 1 N–H and O–H groups in total. The number of carbonyl (C=O) groups is 1. The second-order valence-corrected chi connectivity index (χ2v) is 6.22. The van der Waals surface area contributed by atoms with E-state index in [2.05, 4.69) is 15.0 Å². The lowest BCUT2D eigenvalue weighted by molar-refractivity contribution is -0.154. The Morgan fingerprint density at radius 1 is 1.21 bits per heavy atom. The standard InChI is InChI=1S/C19H22F3N3O3/c1-25(2)15(14-6-4-5-7-16(14)27-3)11-24-18(26)13-8-9-17(23-10-13)28-12-19(20,21)22/h4-10,15H,11-12H2,1-3H3,(H,24,26). The van der Waals surface area contributed by atoms with Crippen LogP contribution in [0.25, 0.3) is 0 Å². The van der Waals surface area contributed by atoms with E-state index >= 15 is 0 Å². The first-order valence-electron chi connectivity index (χ1n) is 8.44. The topological polar surface area (TPSA) is 63.7 Å². The van der Waals surface area contributed by atoms with Gasteiger partial charge in [-0.1, -0.05) is 18.2 Å². The Hall–Kier alpha value is -2.81. The summed E-state index contributed by atoms with van der Waals surface area (Å²) >= 11 is 0. The number of hydrogen-bond donors (Lipinski definition) is 1. The first-order valence-corrected chi connectivity index (χ1v) is 8.44. The third-order valence-electron chi connectivity index (χ3n) is 3.96. The Balaban J connectivity index is 2.01. The van der Waals surface area contributed by atoms with Crippen molar-refractivity contribution in [2.75, 3.05) is 34.4 Å². The number of alkyl halides is 3. The number of halogens is 3. The van der Waals surface area contributed by atoms with Gasteiger partial charge in [-0.2, -0.15) is 13.2 Å². The minimum Gasteiger partial charge on any atom is -0.496 e. The number of nitrogens with one attached hydrogen (secondary N) is 1. The second-order valence-electron chi connectivity index (χ2n) is 6.22. The first-order chi connectivity index (χ1) is 13.2. The van der Waals surface area contributed by atoms with Gasteiger partial charge in [-0.15, -0.1) is 0 Å². The van der Waals surface area contributed by atoms with Crippen molar-refractivity contribution in [1.29, 1.82) is 0 Å². The molecule has 1 atom stereocenters. The van der Waals surface area contributed by atoms with Crippen molar-refractivity contribution < 1.29 is 27.4 Å². The zero-order chi connectivity index (χ0) is 20.7.